The molecule has 0 fully saturated rings. The third kappa shape index (κ3) is 2.88. The quantitative estimate of drug-likeness (QED) is 0.407. The first kappa shape index (κ1) is 11.3. The van der Waals surface area contributed by atoms with E-state index < -0.39 is 0 Å². The van der Waals surface area contributed by atoms with Crippen molar-refractivity contribution in [3.8, 4) is 0 Å². The van der Waals surface area contributed by atoms with E-state index in [1.807, 2.05) is 0 Å². The van der Waals surface area contributed by atoms with E-state index in [1.165, 1.54) is 0 Å². The maximum atomic E-state index is 5.81. The number of aryl methyl sites for hydroxylation is 1. The summed E-state index contributed by atoms with van der Waals surface area (Å²) in [5.41, 5.74) is 5.40. The molecule has 6 heteroatoms. The van der Waals surface area contributed by atoms with E-state index in [4.69, 9.17) is 11.6 Å². The summed E-state index contributed by atoms with van der Waals surface area (Å²) in [5.74, 6) is 7.60. The lowest BCUT2D eigenvalue weighted by molar-refractivity contribution is 0.756. The predicted molar refractivity (Wildman–Crippen MR) is 58.6 cm³/mol. The minimum atomic E-state index is 0.702. The van der Waals surface area contributed by atoms with Crippen molar-refractivity contribution >= 4 is 11.8 Å². The van der Waals surface area contributed by atoms with Crippen LogP contribution in [0.1, 0.15) is 25.6 Å². The van der Waals surface area contributed by atoms with Gasteiger partial charge in [0.2, 0.25) is 5.16 Å². The van der Waals surface area contributed by atoms with Gasteiger partial charge in [-0.25, -0.2) is 4.68 Å². The molecule has 0 saturated carbocycles. The molecule has 4 N–H and O–H groups in total. The highest BCUT2D eigenvalue weighted by Crippen LogP contribution is 2.15. The number of hydrogen-bond donors (Lipinski definition) is 2. The first-order chi connectivity index (χ1) is 6.79. The van der Waals surface area contributed by atoms with E-state index in [2.05, 4.69) is 17.1 Å². The number of nitrogens with two attached hydrogens (primary N) is 2. The number of thioether (sulfide) groups is 1. The van der Waals surface area contributed by atoms with E-state index in [1.54, 1.807) is 16.4 Å². The molecule has 0 spiro atoms. The summed E-state index contributed by atoms with van der Waals surface area (Å²) in [7, 11) is 0. The zero-order valence-corrected chi connectivity index (χ0v) is 9.26. The molecule has 0 aromatic carbocycles. The van der Waals surface area contributed by atoms with Crippen LogP contribution in [0.4, 0.5) is 0 Å². The van der Waals surface area contributed by atoms with Gasteiger partial charge in [0.1, 0.15) is 0 Å². The number of nitrogens with zero attached hydrogens (tertiary/aromatic N) is 3. The molecule has 0 saturated heterocycles. The second-order valence-electron chi connectivity index (χ2n) is 3.01. The summed E-state index contributed by atoms with van der Waals surface area (Å²) in [6.07, 6.45) is 2.88. The van der Waals surface area contributed by atoms with Crippen molar-refractivity contribution in [1.29, 1.82) is 0 Å². The van der Waals surface area contributed by atoms with Crippen molar-refractivity contribution in [2.45, 2.75) is 31.3 Å². The molecular weight excluding hydrogens is 198 g/mol. The summed E-state index contributed by atoms with van der Waals surface area (Å²) < 4.78 is 1.57. The predicted octanol–water partition coefficient (Wildman–Crippen LogP) is 0.385. The Morgan fingerprint density at radius 3 is 2.86 bits per heavy atom. The fourth-order valence-electron chi connectivity index (χ4n) is 1.05. The Hall–Kier alpha value is -0.750. The van der Waals surface area contributed by atoms with Crippen molar-refractivity contribution in [3.63, 3.8) is 0 Å². The first-order valence-corrected chi connectivity index (χ1v) is 5.80. The Kier molecular flexibility index (Phi) is 4.75. The van der Waals surface area contributed by atoms with Crippen molar-refractivity contribution < 1.29 is 0 Å². The summed E-state index contributed by atoms with van der Waals surface area (Å²) in [5, 5.41) is 8.82. The maximum absolute atomic E-state index is 5.81. The Morgan fingerprint density at radius 2 is 2.21 bits per heavy atom. The molecule has 1 aromatic heterocycles. The fourth-order valence-corrected chi connectivity index (χ4v) is 1.88. The van der Waals surface area contributed by atoms with Crippen LogP contribution in [0.2, 0.25) is 0 Å². The second-order valence-corrected chi connectivity index (χ2v) is 4.07. The molecule has 1 aromatic rings. The molecule has 0 aliphatic carbocycles. The minimum Gasteiger partial charge on any atom is -0.336 e. The van der Waals surface area contributed by atoms with Gasteiger partial charge in [0.25, 0.3) is 0 Å². The standard InChI is InChI=1S/C8H17N5S/c1-2-4-7-11-12-8(13(7)10)14-6-3-5-9/h2-6,9-10H2,1H3. The highest BCUT2D eigenvalue weighted by Gasteiger charge is 2.08. The molecule has 0 bridgehead atoms. The Bertz CT molecular complexity index is 273. The molecule has 80 valence electrons. The van der Waals surface area contributed by atoms with Crippen molar-refractivity contribution in [2.75, 3.05) is 18.1 Å². The van der Waals surface area contributed by atoms with Crippen LogP contribution >= 0.6 is 11.8 Å². The monoisotopic (exact) mass is 215 g/mol. The molecule has 0 radical (unpaired) electrons. The number of hydrogen-bond acceptors (Lipinski definition) is 5. The summed E-state index contributed by atoms with van der Waals surface area (Å²) in [6.45, 7) is 2.80. The molecule has 5 nitrogen and oxygen atoms in total. The van der Waals surface area contributed by atoms with Gasteiger partial charge in [-0.1, -0.05) is 18.7 Å². The summed E-state index contributed by atoms with van der Waals surface area (Å²) in [4.78, 5) is 0. The molecule has 1 heterocycles. The topological polar surface area (TPSA) is 82.8 Å². The van der Waals surface area contributed by atoms with Crippen LogP contribution in [0.3, 0.4) is 0 Å². The fraction of sp³-hybridized carbons (Fsp3) is 0.750. The van der Waals surface area contributed by atoms with Gasteiger partial charge in [-0.15, -0.1) is 10.2 Å². The minimum absolute atomic E-state index is 0.702. The van der Waals surface area contributed by atoms with Crippen LogP contribution in [-0.2, 0) is 6.42 Å². The Balaban J connectivity index is 2.51. The van der Waals surface area contributed by atoms with Gasteiger partial charge >= 0.3 is 0 Å². The average molecular weight is 215 g/mol. The molecule has 0 unspecified atom stereocenters. The molecule has 0 aliphatic rings. The second kappa shape index (κ2) is 5.87. The highest BCUT2D eigenvalue weighted by molar-refractivity contribution is 7.99. The average Bonchev–Trinajstić information content (AvgIpc) is 2.51. The largest absolute Gasteiger partial charge is 0.336 e. The third-order valence-electron chi connectivity index (χ3n) is 1.79. The van der Waals surface area contributed by atoms with Gasteiger partial charge in [-0.2, -0.15) is 0 Å². The number of rotatable bonds is 6. The summed E-state index contributed by atoms with van der Waals surface area (Å²) >= 11 is 1.60. The maximum Gasteiger partial charge on any atom is 0.209 e. The van der Waals surface area contributed by atoms with Gasteiger partial charge in [-0.3, -0.25) is 0 Å². The lowest BCUT2D eigenvalue weighted by Gasteiger charge is -2.01. The Morgan fingerprint density at radius 1 is 1.43 bits per heavy atom. The van der Waals surface area contributed by atoms with Crippen molar-refractivity contribution in [2.24, 2.45) is 5.73 Å². The first-order valence-electron chi connectivity index (χ1n) is 4.81. The highest BCUT2D eigenvalue weighted by atomic mass is 32.2. The number of nitrogen functional groups attached to an aromatic ring is 1. The molecule has 1 rings (SSSR count). The molecular formula is C8H17N5S. The van der Waals surface area contributed by atoms with Crippen molar-refractivity contribution in [1.82, 2.24) is 14.9 Å². The zero-order valence-electron chi connectivity index (χ0n) is 8.44. The van der Waals surface area contributed by atoms with E-state index in [0.717, 1.165) is 36.0 Å². The SMILES string of the molecule is CCCc1nnc(SCCCN)n1N. The zero-order chi connectivity index (χ0) is 10.4. The van der Waals surface area contributed by atoms with E-state index >= 15 is 0 Å². The van der Waals surface area contributed by atoms with Crippen LogP contribution in [0.15, 0.2) is 5.16 Å². The number of aromatic nitrogens is 3. The molecule has 0 amide bonds. The van der Waals surface area contributed by atoms with Crippen LogP contribution in [-0.4, -0.2) is 27.2 Å². The van der Waals surface area contributed by atoms with Gasteiger partial charge in [0.05, 0.1) is 0 Å². The smallest absolute Gasteiger partial charge is 0.209 e. The van der Waals surface area contributed by atoms with Gasteiger partial charge in [0.15, 0.2) is 5.82 Å². The lowest BCUT2D eigenvalue weighted by Crippen LogP contribution is -2.14. The molecule has 0 atom stereocenters. The van der Waals surface area contributed by atoms with E-state index in [0.29, 0.717) is 6.54 Å². The lowest BCUT2D eigenvalue weighted by atomic mass is 10.3. The van der Waals surface area contributed by atoms with Crippen LogP contribution in [0.25, 0.3) is 0 Å². The van der Waals surface area contributed by atoms with Crippen molar-refractivity contribution in [3.05, 3.63) is 5.82 Å². The molecule has 0 aliphatic heterocycles. The van der Waals surface area contributed by atoms with Crippen LogP contribution in [0.5, 0.6) is 0 Å². The third-order valence-corrected chi connectivity index (χ3v) is 2.82. The Labute approximate surface area is 88.2 Å². The van der Waals surface area contributed by atoms with Gasteiger partial charge in [-0.05, 0) is 19.4 Å². The van der Waals surface area contributed by atoms with Crippen LogP contribution < -0.4 is 11.6 Å². The van der Waals surface area contributed by atoms with E-state index in [-0.39, 0.29) is 0 Å². The summed E-state index contributed by atoms with van der Waals surface area (Å²) in [6, 6.07) is 0. The van der Waals surface area contributed by atoms with Gasteiger partial charge in [0, 0.05) is 12.2 Å². The molecule has 14 heavy (non-hydrogen) atoms. The van der Waals surface area contributed by atoms with Gasteiger partial charge < -0.3 is 11.6 Å². The van der Waals surface area contributed by atoms with Crippen LogP contribution in [0, 0.1) is 0 Å². The van der Waals surface area contributed by atoms with E-state index in [9.17, 15) is 0 Å². The normalized spacial score (nSPS) is 10.7.